The molecule has 0 aliphatic heterocycles. The van der Waals surface area contributed by atoms with E-state index in [0.29, 0.717) is 24.6 Å². The molecule has 156 valence electrons. The monoisotopic (exact) mass is 405 g/mol. The molecular weight excluding hydrogens is 378 g/mol. The molecule has 0 aliphatic carbocycles. The van der Waals surface area contributed by atoms with Crippen molar-refractivity contribution >= 4 is 12.0 Å². The highest BCUT2D eigenvalue weighted by Gasteiger charge is 2.07. The van der Waals surface area contributed by atoms with Crippen molar-refractivity contribution in [2.75, 3.05) is 7.11 Å². The lowest BCUT2D eigenvalue weighted by molar-refractivity contribution is -0.116. The Morgan fingerprint density at radius 2 is 1.93 bits per heavy atom. The first-order chi connectivity index (χ1) is 14.5. The molecular formula is C24H27N3O3. The van der Waals surface area contributed by atoms with E-state index in [9.17, 15) is 4.79 Å². The van der Waals surface area contributed by atoms with Gasteiger partial charge in [0, 0.05) is 25.0 Å². The number of amides is 1. The van der Waals surface area contributed by atoms with Gasteiger partial charge in [-0.1, -0.05) is 30.3 Å². The Labute approximate surface area is 177 Å². The van der Waals surface area contributed by atoms with E-state index in [1.54, 1.807) is 19.4 Å². The largest absolute Gasteiger partial charge is 0.493 e. The molecule has 6 nitrogen and oxygen atoms in total. The van der Waals surface area contributed by atoms with Gasteiger partial charge in [-0.2, -0.15) is 5.10 Å². The van der Waals surface area contributed by atoms with Crippen molar-refractivity contribution in [2.45, 2.75) is 33.0 Å². The Balaban J connectivity index is 1.60. The van der Waals surface area contributed by atoms with Gasteiger partial charge in [-0.05, 0) is 54.8 Å². The minimum atomic E-state index is -0.162. The highest BCUT2D eigenvalue weighted by molar-refractivity contribution is 5.91. The van der Waals surface area contributed by atoms with E-state index in [2.05, 4.69) is 10.4 Å². The predicted molar refractivity (Wildman–Crippen MR) is 117 cm³/mol. The molecule has 30 heavy (non-hydrogen) atoms. The SMILES string of the molecule is COc1cc(/C=C/C(=O)NCc2ccccc2Cn2cccn2)ccc1OC(C)C. The summed E-state index contributed by atoms with van der Waals surface area (Å²) in [6.07, 6.45) is 7.01. The van der Waals surface area contributed by atoms with Gasteiger partial charge in [0.1, 0.15) is 0 Å². The van der Waals surface area contributed by atoms with E-state index in [-0.39, 0.29) is 12.0 Å². The van der Waals surface area contributed by atoms with E-state index in [0.717, 1.165) is 16.7 Å². The zero-order chi connectivity index (χ0) is 21.3. The molecule has 3 rings (SSSR count). The third kappa shape index (κ3) is 5.98. The van der Waals surface area contributed by atoms with Crippen molar-refractivity contribution in [3.8, 4) is 11.5 Å². The molecule has 2 aromatic carbocycles. The van der Waals surface area contributed by atoms with Crippen LogP contribution in [-0.2, 0) is 17.9 Å². The second kappa shape index (κ2) is 10.3. The Morgan fingerprint density at radius 1 is 1.13 bits per heavy atom. The maximum atomic E-state index is 12.3. The van der Waals surface area contributed by atoms with Gasteiger partial charge in [0.25, 0.3) is 0 Å². The minimum absolute atomic E-state index is 0.0576. The molecule has 0 fully saturated rings. The van der Waals surface area contributed by atoms with E-state index in [4.69, 9.17) is 9.47 Å². The number of carbonyl (C=O) groups is 1. The second-order valence-electron chi connectivity index (χ2n) is 7.10. The summed E-state index contributed by atoms with van der Waals surface area (Å²) < 4.78 is 13.0. The number of hydrogen-bond acceptors (Lipinski definition) is 4. The molecule has 0 atom stereocenters. The number of hydrogen-bond donors (Lipinski definition) is 1. The van der Waals surface area contributed by atoms with Crippen LogP contribution in [0.2, 0.25) is 0 Å². The van der Waals surface area contributed by atoms with Crippen LogP contribution in [0.4, 0.5) is 0 Å². The van der Waals surface area contributed by atoms with Gasteiger partial charge in [-0.15, -0.1) is 0 Å². The molecule has 0 unspecified atom stereocenters. The van der Waals surface area contributed by atoms with Crippen LogP contribution in [0.1, 0.15) is 30.5 Å². The predicted octanol–water partition coefficient (Wildman–Crippen LogP) is 4.06. The number of nitrogens with zero attached hydrogens (tertiary/aromatic N) is 2. The molecule has 0 aliphatic rings. The number of ether oxygens (including phenoxy) is 2. The minimum Gasteiger partial charge on any atom is -0.493 e. The number of benzene rings is 2. The summed E-state index contributed by atoms with van der Waals surface area (Å²) in [5.41, 5.74) is 3.04. The van der Waals surface area contributed by atoms with Crippen molar-refractivity contribution in [1.29, 1.82) is 0 Å². The average Bonchev–Trinajstić information content (AvgIpc) is 3.25. The topological polar surface area (TPSA) is 65.4 Å². The first-order valence-electron chi connectivity index (χ1n) is 9.90. The summed E-state index contributed by atoms with van der Waals surface area (Å²) >= 11 is 0. The fourth-order valence-electron chi connectivity index (χ4n) is 3.01. The van der Waals surface area contributed by atoms with E-state index >= 15 is 0 Å². The van der Waals surface area contributed by atoms with Gasteiger partial charge >= 0.3 is 0 Å². The van der Waals surface area contributed by atoms with Crippen LogP contribution in [0, 0.1) is 0 Å². The molecule has 1 aromatic heterocycles. The van der Waals surface area contributed by atoms with Gasteiger partial charge in [-0.25, -0.2) is 0 Å². The molecule has 0 saturated heterocycles. The maximum Gasteiger partial charge on any atom is 0.244 e. The van der Waals surface area contributed by atoms with Gasteiger partial charge < -0.3 is 14.8 Å². The van der Waals surface area contributed by atoms with Crippen LogP contribution in [0.15, 0.2) is 67.0 Å². The van der Waals surface area contributed by atoms with Crippen molar-refractivity contribution in [1.82, 2.24) is 15.1 Å². The van der Waals surface area contributed by atoms with Gasteiger partial charge in [0.15, 0.2) is 11.5 Å². The number of nitrogens with one attached hydrogen (secondary N) is 1. The van der Waals surface area contributed by atoms with Crippen LogP contribution < -0.4 is 14.8 Å². The molecule has 1 N–H and O–H groups in total. The summed E-state index contributed by atoms with van der Waals surface area (Å²) in [6, 6.07) is 15.5. The first kappa shape index (κ1) is 21.2. The molecule has 0 bridgehead atoms. The highest BCUT2D eigenvalue weighted by Crippen LogP contribution is 2.29. The van der Waals surface area contributed by atoms with Crippen LogP contribution in [0.25, 0.3) is 6.08 Å². The van der Waals surface area contributed by atoms with Crippen LogP contribution in [-0.4, -0.2) is 28.9 Å². The average molecular weight is 405 g/mol. The van der Waals surface area contributed by atoms with E-state index in [1.165, 1.54) is 6.08 Å². The molecule has 0 spiro atoms. The Hall–Kier alpha value is -3.54. The van der Waals surface area contributed by atoms with Crippen molar-refractivity contribution in [3.63, 3.8) is 0 Å². The number of rotatable bonds is 9. The lowest BCUT2D eigenvalue weighted by Crippen LogP contribution is -2.21. The molecule has 0 radical (unpaired) electrons. The fourth-order valence-corrected chi connectivity index (χ4v) is 3.01. The third-order valence-electron chi connectivity index (χ3n) is 4.44. The number of aromatic nitrogens is 2. The molecule has 1 heterocycles. The Kier molecular flexibility index (Phi) is 7.27. The Morgan fingerprint density at radius 3 is 2.63 bits per heavy atom. The maximum absolute atomic E-state index is 12.3. The summed E-state index contributed by atoms with van der Waals surface area (Å²) in [6.45, 7) is 5.04. The second-order valence-corrected chi connectivity index (χ2v) is 7.10. The van der Waals surface area contributed by atoms with E-state index < -0.39 is 0 Å². The summed E-state index contributed by atoms with van der Waals surface area (Å²) in [4.78, 5) is 12.3. The van der Waals surface area contributed by atoms with Gasteiger partial charge in [0.2, 0.25) is 5.91 Å². The van der Waals surface area contributed by atoms with Crippen molar-refractivity contribution in [2.24, 2.45) is 0 Å². The van der Waals surface area contributed by atoms with Crippen LogP contribution in [0.5, 0.6) is 11.5 Å². The first-order valence-corrected chi connectivity index (χ1v) is 9.90. The standard InChI is InChI=1S/C24H27N3O3/c1-18(2)30-22-11-9-19(15-23(22)29-3)10-12-24(28)25-16-20-7-4-5-8-21(20)17-27-14-6-13-26-27/h4-15,18H,16-17H2,1-3H3,(H,25,28)/b12-10+. The fraction of sp³-hybridized carbons (Fsp3) is 0.250. The lowest BCUT2D eigenvalue weighted by Gasteiger charge is -2.13. The van der Waals surface area contributed by atoms with Gasteiger partial charge in [-0.3, -0.25) is 9.48 Å². The summed E-state index contributed by atoms with van der Waals surface area (Å²) in [5, 5.41) is 7.19. The summed E-state index contributed by atoms with van der Waals surface area (Å²) in [5.74, 6) is 1.16. The molecule has 6 heteroatoms. The highest BCUT2D eigenvalue weighted by atomic mass is 16.5. The van der Waals surface area contributed by atoms with Crippen LogP contribution in [0.3, 0.4) is 0 Å². The Bertz CT molecular complexity index is 995. The zero-order valence-electron chi connectivity index (χ0n) is 17.5. The molecule has 0 saturated carbocycles. The van der Waals surface area contributed by atoms with Crippen LogP contribution >= 0.6 is 0 Å². The zero-order valence-corrected chi connectivity index (χ0v) is 17.5. The summed E-state index contributed by atoms with van der Waals surface area (Å²) in [7, 11) is 1.60. The lowest BCUT2D eigenvalue weighted by atomic mass is 10.1. The van der Waals surface area contributed by atoms with Crippen molar-refractivity contribution in [3.05, 3.63) is 83.7 Å². The van der Waals surface area contributed by atoms with Crippen molar-refractivity contribution < 1.29 is 14.3 Å². The normalized spacial score (nSPS) is 11.1. The molecule has 1 amide bonds. The quantitative estimate of drug-likeness (QED) is 0.546. The molecule has 3 aromatic rings. The number of carbonyl (C=O) groups excluding carboxylic acids is 1. The number of methoxy groups -OCH3 is 1. The van der Waals surface area contributed by atoms with E-state index in [1.807, 2.05) is 73.3 Å². The van der Waals surface area contributed by atoms with Gasteiger partial charge in [0.05, 0.1) is 19.8 Å². The smallest absolute Gasteiger partial charge is 0.244 e. The third-order valence-corrected chi connectivity index (χ3v) is 4.44.